The van der Waals surface area contributed by atoms with Crippen LogP contribution in [0.5, 0.6) is 11.5 Å². The van der Waals surface area contributed by atoms with Crippen LogP contribution in [0.4, 0.5) is 4.79 Å². The molecule has 1 aliphatic rings. The Balaban J connectivity index is 1.59. The van der Waals surface area contributed by atoms with E-state index in [1.165, 1.54) is 6.07 Å². The summed E-state index contributed by atoms with van der Waals surface area (Å²) >= 11 is 22.4. The van der Waals surface area contributed by atoms with E-state index in [9.17, 15) is 14.4 Å². The van der Waals surface area contributed by atoms with Crippen molar-refractivity contribution in [3.63, 3.8) is 0 Å². The molecule has 0 N–H and O–H groups in total. The Morgan fingerprint density at radius 3 is 2.51 bits per heavy atom. The van der Waals surface area contributed by atoms with Crippen molar-refractivity contribution in [1.29, 1.82) is 0 Å². The number of halogens is 4. The van der Waals surface area contributed by atoms with Crippen LogP contribution in [0.1, 0.15) is 28.4 Å². The van der Waals surface area contributed by atoms with Crippen molar-refractivity contribution in [1.82, 2.24) is 4.90 Å². The molecule has 0 aromatic heterocycles. The Morgan fingerprint density at radius 1 is 1.05 bits per heavy atom. The van der Waals surface area contributed by atoms with Crippen LogP contribution >= 0.6 is 62.5 Å². The predicted molar refractivity (Wildman–Crippen MR) is 150 cm³/mol. The summed E-state index contributed by atoms with van der Waals surface area (Å²) in [6, 6.07) is 14.5. The van der Waals surface area contributed by atoms with E-state index >= 15 is 0 Å². The molecule has 1 heterocycles. The minimum Gasteiger partial charge on any atom is -0.490 e. The van der Waals surface area contributed by atoms with Crippen molar-refractivity contribution in [2.24, 2.45) is 0 Å². The molecule has 3 aromatic rings. The van der Waals surface area contributed by atoms with Crippen molar-refractivity contribution < 1.29 is 23.9 Å². The van der Waals surface area contributed by atoms with Gasteiger partial charge in [0.2, 0.25) is 0 Å². The van der Waals surface area contributed by atoms with Gasteiger partial charge in [0.05, 0.1) is 28.1 Å². The molecule has 0 atom stereocenters. The number of imide groups is 1. The number of esters is 1. The van der Waals surface area contributed by atoms with Crippen molar-refractivity contribution >= 4 is 85.7 Å². The topological polar surface area (TPSA) is 72.9 Å². The number of rotatable bonds is 7. The lowest BCUT2D eigenvalue weighted by Gasteiger charge is -2.14. The van der Waals surface area contributed by atoms with E-state index in [1.54, 1.807) is 61.5 Å². The highest BCUT2D eigenvalue weighted by Gasteiger charge is 2.35. The zero-order valence-electron chi connectivity index (χ0n) is 19.1. The molecule has 4 rings (SSSR count). The van der Waals surface area contributed by atoms with Gasteiger partial charge in [-0.05, 0) is 94.3 Å². The van der Waals surface area contributed by atoms with Crippen LogP contribution in [0.3, 0.4) is 0 Å². The number of ether oxygens (including phenoxy) is 2. The van der Waals surface area contributed by atoms with Gasteiger partial charge in [0.15, 0.2) is 11.5 Å². The average molecular weight is 642 g/mol. The summed E-state index contributed by atoms with van der Waals surface area (Å²) in [6.07, 6.45) is 1.57. The van der Waals surface area contributed by atoms with Crippen LogP contribution in [0.25, 0.3) is 6.08 Å². The monoisotopic (exact) mass is 639 g/mol. The maximum Gasteiger partial charge on any atom is 0.343 e. The standard InChI is InChI=1S/C26H17BrCl3NO5S/c1-2-35-21-9-14(8-19(27)23(21)36-25(33)15-4-3-5-17(28)11-15)10-22-24(32)31(26(34)37-22)13-16-6-7-18(29)12-20(16)30/h3-12H,2,13H2,1H3/b22-10-. The van der Waals surface area contributed by atoms with E-state index in [0.29, 0.717) is 37.3 Å². The van der Waals surface area contributed by atoms with Crippen LogP contribution in [0.15, 0.2) is 64.0 Å². The molecule has 3 aromatic carbocycles. The minimum atomic E-state index is -0.612. The van der Waals surface area contributed by atoms with Crippen LogP contribution in [-0.4, -0.2) is 28.6 Å². The van der Waals surface area contributed by atoms with Gasteiger partial charge < -0.3 is 9.47 Å². The first-order valence-electron chi connectivity index (χ1n) is 10.8. The lowest BCUT2D eigenvalue weighted by Crippen LogP contribution is -2.27. The molecular weight excluding hydrogens is 625 g/mol. The molecular formula is C26H17BrCl3NO5S. The molecule has 1 fully saturated rings. The van der Waals surface area contributed by atoms with Gasteiger partial charge in [-0.3, -0.25) is 14.5 Å². The van der Waals surface area contributed by atoms with E-state index in [1.807, 2.05) is 0 Å². The third-order valence-electron chi connectivity index (χ3n) is 5.10. The van der Waals surface area contributed by atoms with Crippen molar-refractivity contribution in [2.75, 3.05) is 6.61 Å². The highest BCUT2D eigenvalue weighted by atomic mass is 79.9. The summed E-state index contributed by atoms with van der Waals surface area (Å²) in [5.41, 5.74) is 1.44. The fraction of sp³-hybridized carbons (Fsp3) is 0.115. The Morgan fingerprint density at radius 2 is 1.81 bits per heavy atom. The summed E-state index contributed by atoms with van der Waals surface area (Å²) in [4.78, 5) is 39.6. The number of carbonyl (C=O) groups excluding carboxylic acids is 3. The fourth-order valence-corrected chi connectivity index (χ4v) is 5.45. The lowest BCUT2D eigenvalue weighted by molar-refractivity contribution is -0.123. The summed E-state index contributed by atoms with van der Waals surface area (Å²) < 4.78 is 11.7. The largest absolute Gasteiger partial charge is 0.490 e. The Bertz CT molecular complexity index is 1450. The van der Waals surface area contributed by atoms with Crippen LogP contribution in [0.2, 0.25) is 15.1 Å². The van der Waals surface area contributed by atoms with E-state index in [2.05, 4.69) is 15.9 Å². The second kappa shape index (κ2) is 11.9. The van der Waals surface area contributed by atoms with Gasteiger partial charge in [-0.1, -0.05) is 46.9 Å². The van der Waals surface area contributed by atoms with Gasteiger partial charge in [-0.15, -0.1) is 0 Å². The van der Waals surface area contributed by atoms with Crippen molar-refractivity contribution in [3.05, 3.63) is 95.7 Å². The van der Waals surface area contributed by atoms with E-state index in [0.717, 1.165) is 16.7 Å². The third kappa shape index (κ3) is 6.51. The zero-order chi connectivity index (χ0) is 26.7. The average Bonchev–Trinajstić information content (AvgIpc) is 3.10. The molecule has 37 heavy (non-hydrogen) atoms. The smallest absolute Gasteiger partial charge is 0.343 e. The van der Waals surface area contributed by atoms with Gasteiger partial charge in [0.25, 0.3) is 11.1 Å². The van der Waals surface area contributed by atoms with E-state index in [4.69, 9.17) is 44.3 Å². The molecule has 6 nitrogen and oxygen atoms in total. The lowest BCUT2D eigenvalue weighted by atomic mass is 10.1. The second-order valence-corrected chi connectivity index (χ2v) is 10.8. The third-order valence-corrected chi connectivity index (χ3v) is 7.42. The normalized spacial score (nSPS) is 14.4. The molecule has 0 radical (unpaired) electrons. The Kier molecular flexibility index (Phi) is 8.87. The summed E-state index contributed by atoms with van der Waals surface area (Å²) in [5, 5.41) is 0.809. The summed E-state index contributed by atoms with van der Waals surface area (Å²) in [5.74, 6) is -0.606. The van der Waals surface area contributed by atoms with Crippen molar-refractivity contribution in [2.45, 2.75) is 13.5 Å². The van der Waals surface area contributed by atoms with E-state index in [-0.39, 0.29) is 28.5 Å². The van der Waals surface area contributed by atoms with Gasteiger partial charge >= 0.3 is 5.97 Å². The Labute approximate surface area is 240 Å². The quantitative estimate of drug-likeness (QED) is 0.147. The minimum absolute atomic E-state index is 0.0181. The number of thioether (sulfide) groups is 1. The highest BCUT2D eigenvalue weighted by Crippen LogP contribution is 2.40. The van der Waals surface area contributed by atoms with Crippen LogP contribution in [-0.2, 0) is 11.3 Å². The highest BCUT2D eigenvalue weighted by molar-refractivity contribution is 9.10. The van der Waals surface area contributed by atoms with Gasteiger partial charge in [0, 0.05) is 15.1 Å². The maximum atomic E-state index is 13.0. The number of carbonyl (C=O) groups is 3. The van der Waals surface area contributed by atoms with Gasteiger partial charge in [0.1, 0.15) is 0 Å². The predicted octanol–water partition coefficient (Wildman–Crippen LogP) is 8.26. The molecule has 0 bridgehead atoms. The number of benzene rings is 3. The van der Waals surface area contributed by atoms with Gasteiger partial charge in [-0.2, -0.15) is 0 Å². The first-order valence-corrected chi connectivity index (χ1v) is 13.5. The Hall–Kier alpha value is -2.49. The molecule has 0 saturated carbocycles. The zero-order valence-corrected chi connectivity index (χ0v) is 23.8. The fourth-order valence-electron chi connectivity index (χ4n) is 3.41. The number of hydrogen-bond donors (Lipinski definition) is 0. The SMILES string of the molecule is CCOc1cc(/C=C2\SC(=O)N(Cc3ccc(Cl)cc3Cl)C2=O)cc(Br)c1OC(=O)c1cccc(Cl)c1. The number of amides is 2. The van der Waals surface area contributed by atoms with Crippen LogP contribution in [0, 0.1) is 0 Å². The summed E-state index contributed by atoms with van der Waals surface area (Å²) in [6.45, 7) is 2.11. The first kappa shape index (κ1) is 27.5. The summed E-state index contributed by atoms with van der Waals surface area (Å²) in [7, 11) is 0. The van der Waals surface area contributed by atoms with Crippen LogP contribution < -0.4 is 9.47 Å². The molecule has 11 heteroatoms. The molecule has 0 aliphatic carbocycles. The van der Waals surface area contributed by atoms with Gasteiger partial charge in [-0.25, -0.2) is 4.79 Å². The molecule has 190 valence electrons. The van der Waals surface area contributed by atoms with Crippen molar-refractivity contribution in [3.8, 4) is 11.5 Å². The second-order valence-electron chi connectivity index (χ2n) is 7.67. The number of nitrogens with zero attached hydrogens (tertiary/aromatic N) is 1. The molecule has 1 aliphatic heterocycles. The molecule has 0 unspecified atom stereocenters. The molecule has 0 spiro atoms. The molecule has 1 saturated heterocycles. The number of hydrogen-bond acceptors (Lipinski definition) is 6. The molecule has 2 amide bonds. The first-order chi connectivity index (χ1) is 17.7. The maximum absolute atomic E-state index is 13.0. The van der Waals surface area contributed by atoms with E-state index < -0.39 is 17.1 Å².